The molecule has 4 aliphatic carbocycles. The van der Waals surface area contributed by atoms with Gasteiger partial charge in [0, 0.05) is 5.33 Å². The van der Waals surface area contributed by atoms with Crippen molar-refractivity contribution in [2.24, 2.45) is 28.6 Å². The SMILES string of the molecule is CC12C3CC(C[C@H]31)[C@@]2(C)CBr. The quantitative estimate of drug-likeness (QED) is 0.589. The number of alkyl halides is 1. The van der Waals surface area contributed by atoms with Crippen LogP contribution in [0.3, 0.4) is 0 Å². The number of rotatable bonds is 1. The van der Waals surface area contributed by atoms with E-state index in [4.69, 9.17) is 0 Å². The van der Waals surface area contributed by atoms with Gasteiger partial charge in [-0.1, -0.05) is 29.8 Å². The fourth-order valence-corrected chi connectivity index (χ4v) is 5.35. The van der Waals surface area contributed by atoms with E-state index in [2.05, 4.69) is 29.8 Å². The highest BCUT2D eigenvalue weighted by molar-refractivity contribution is 9.09. The van der Waals surface area contributed by atoms with E-state index in [1.54, 1.807) is 12.8 Å². The molecule has 0 heterocycles. The van der Waals surface area contributed by atoms with Gasteiger partial charge in [0.15, 0.2) is 0 Å². The molecule has 3 unspecified atom stereocenters. The van der Waals surface area contributed by atoms with Crippen molar-refractivity contribution in [2.75, 3.05) is 5.33 Å². The molecular formula is C10H15Br. The fraction of sp³-hybridized carbons (Fsp3) is 1.00. The van der Waals surface area contributed by atoms with E-state index < -0.39 is 0 Å². The zero-order valence-corrected chi connectivity index (χ0v) is 8.82. The van der Waals surface area contributed by atoms with Crippen LogP contribution in [0.4, 0.5) is 0 Å². The molecule has 62 valence electrons. The smallest absolute Gasteiger partial charge is 0.00934 e. The van der Waals surface area contributed by atoms with Crippen LogP contribution in [0.5, 0.6) is 0 Å². The van der Waals surface area contributed by atoms with Gasteiger partial charge in [0.2, 0.25) is 0 Å². The first-order valence-electron chi connectivity index (χ1n) is 4.70. The van der Waals surface area contributed by atoms with Gasteiger partial charge in [-0.05, 0) is 41.4 Å². The fourth-order valence-electron chi connectivity index (χ4n) is 4.29. The molecule has 0 saturated heterocycles. The van der Waals surface area contributed by atoms with Crippen molar-refractivity contribution >= 4 is 15.9 Å². The monoisotopic (exact) mass is 214 g/mol. The maximum Gasteiger partial charge on any atom is 0.00934 e. The Morgan fingerprint density at radius 3 is 2.00 bits per heavy atom. The molecule has 4 aliphatic rings. The predicted molar refractivity (Wildman–Crippen MR) is 49.7 cm³/mol. The van der Waals surface area contributed by atoms with E-state index in [1.165, 1.54) is 5.33 Å². The van der Waals surface area contributed by atoms with Gasteiger partial charge in [0.05, 0.1) is 0 Å². The third-order valence-electron chi connectivity index (χ3n) is 5.40. The van der Waals surface area contributed by atoms with E-state index in [0.29, 0.717) is 5.41 Å². The molecule has 4 fully saturated rings. The summed E-state index contributed by atoms with van der Waals surface area (Å²) in [7, 11) is 0. The Balaban J connectivity index is 2.10. The number of hydrogen-bond donors (Lipinski definition) is 0. The van der Waals surface area contributed by atoms with Gasteiger partial charge in [0.1, 0.15) is 0 Å². The molecule has 0 radical (unpaired) electrons. The molecule has 4 rings (SSSR count). The number of hydrogen-bond acceptors (Lipinski definition) is 0. The van der Waals surface area contributed by atoms with Crippen molar-refractivity contribution in [3.63, 3.8) is 0 Å². The third-order valence-corrected chi connectivity index (χ3v) is 6.57. The maximum absolute atomic E-state index is 3.70. The minimum Gasteiger partial charge on any atom is -0.0922 e. The summed E-state index contributed by atoms with van der Waals surface area (Å²) in [6, 6.07) is 0. The van der Waals surface area contributed by atoms with Crippen molar-refractivity contribution in [1.82, 2.24) is 0 Å². The normalized spacial score (nSPS) is 70.6. The second-order valence-corrected chi connectivity index (χ2v) is 5.78. The van der Waals surface area contributed by atoms with Crippen LogP contribution in [-0.4, -0.2) is 5.33 Å². The Kier molecular flexibility index (Phi) is 0.991. The van der Waals surface area contributed by atoms with Crippen LogP contribution in [0.1, 0.15) is 26.7 Å². The Morgan fingerprint density at radius 2 is 1.82 bits per heavy atom. The lowest BCUT2D eigenvalue weighted by Crippen LogP contribution is -2.28. The van der Waals surface area contributed by atoms with Gasteiger partial charge >= 0.3 is 0 Å². The molecule has 0 aromatic carbocycles. The average molecular weight is 215 g/mol. The minimum atomic E-state index is 0.655. The maximum atomic E-state index is 3.70. The Bertz CT molecular complexity index is 211. The van der Waals surface area contributed by atoms with Crippen molar-refractivity contribution in [3.05, 3.63) is 0 Å². The predicted octanol–water partition coefficient (Wildman–Crippen LogP) is 3.06. The summed E-state index contributed by atoms with van der Waals surface area (Å²) in [5, 5.41) is 1.23. The highest BCUT2D eigenvalue weighted by Gasteiger charge is 2.80. The van der Waals surface area contributed by atoms with E-state index >= 15 is 0 Å². The first kappa shape index (κ1) is 6.94. The summed E-state index contributed by atoms with van der Waals surface area (Å²) in [5.74, 6) is 3.30. The largest absolute Gasteiger partial charge is 0.0922 e. The van der Waals surface area contributed by atoms with E-state index in [1.807, 2.05) is 0 Å². The van der Waals surface area contributed by atoms with Crippen LogP contribution in [0.15, 0.2) is 0 Å². The summed E-state index contributed by atoms with van der Waals surface area (Å²) in [6.45, 7) is 5.02. The molecule has 0 aromatic heterocycles. The molecule has 0 nitrogen and oxygen atoms in total. The van der Waals surface area contributed by atoms with Gasteiger partial charge in [-0.25, -0.2) is 0 Å². The summed E-state index contributed by atoms with van der Waals surface area (Å²) >= 11 is 3.70. The lowest BCUT2D eigenvalue weighted by atomic mass is 9.76. The highest BCUT2D eigenvalue weighted by atomic mass is 79.9. The van der Waals surface area contributed by atoms with E-state index in [0.717, 1.165) is 23.2 Å². The van der Waals surface area contributed by atoms with Gasteiger partial charge in [-0.15, -0.1) is 0 Å². The van der Waals surface area contributed by atoms with Crippen molar-refractivity contribution < 1.29 is 0 Å². The molecule has 0 aromatic rings. The Morgan fingerprint density at radius 1 is 1.27 bits per heavy atom. The van der Waals surface area contributed by atoms with Crippen LogP contribution < -0.4 is 0 Å². The molecule has 4 bridgehead atoms. The second-order valence-electron chi connectivity index (χ2n) is 5.22. The molecule has 11 heavy (non-hydrogen) atoms. The third kappa shape index (κ3) is 0.460. The van der Waals surface area contributed by atoms with Crippen molar-refractivity contribution in [3.8, 4) is 0 Å². The molecule has 5 atom stereocenters. The van der Waals surface area contributed by atoms with Crippen molar-refractivity contribution in [1.29, 1.82) is 0 Å². The van der Waals surface area contributed by atoms with Crippen molar-refractivity contribution in [2.45, 2.75) is 26.7 Å². The molecule has 1 heteroatoms. The first-order valence-corrected chi connectivity index (χ1v) is 5.82. The first-order chi connectivity index (χ1) is 5.14. The van der Waals surface area contributed by atoms with Gasteiger partial charge in [-0.2, -0.15) is 0 Å². The summed E-state index contributed by atoms with van der Waals surface area (Å²) in [6.07, 6.45) is 3.09. The Hall–Kier alpha value is 0.480. The Labute approximate surface area is 76.9 Å². The second kappa shape index (κ2) is 1.57. The average Bonchev–Trinajstić information content (AvgIpc) is 2.42. The van der Waals surface area contributed by atoms with Gasteiger partial charge < -0.3 is 0 Å². The zero-order chi connectivity index (χ0) is 7.85. The molecule has 4 saturated carbocycles. The van der Waals surface area contributed by atoms with Gasteiger partial charge in [-0.3, -0.25) is 0 Å². The zero-order valence-electron chi connectivity index (χ0n) is 7.23. The minimum absolute atomic E-state index is 0.655. The molecule has 0 amide bonds. The highest BCUT2D eigenvalue weighted by Crippen LogP contribution is 2.86. The summed E-state index contributed by atoms with van der Waals surface area (Å²) < 4.78 is 0. The molecule has 0 spiro atoms. The number of halogens is 1. The van der Waals surface area contributed by atoms with Gasteiger partial charge in [0.25, 0.3) is 0 Å². The standard InChI is InChI=1S/C10H15Br/c1-9(5-11)6-3-7-8(4-6)10(7,9)2/h6-8H,3-5H2,1-2H3/t6?,7-,8?,9-,10?/m1/s1. The molecular weight excluding hydrogens is 200 g/mol. The van der Waals surface area contributed by atoms with Crippen LogP contribution in [0.2, 0.25) is 0 Å². The van der Waals surface area contributed by atoms with E-state index in [9.17, 15) is 0 Å². The van der Waals surface area contributed by atoms with E-state index in [-0.39, 0.29) is 0 Å². The topological polar surface area (TPSA) is 0 Å². The molecule has 0 N–H and O–H groups in total. The van der Waals surface area contributed by atoms with Crippen LogP contribution in [-0.2, 0) is 0 Å². The summed E-state index contributed by atoms with van der Waals surface area (Å²) in [5.41, 5.74) is 1.41. The van der Waals surface area contributed by atoms with Crippen LogP contribution >= 0.6 is 15.9 Å². The lowest BCUT2D eigenvalue weighted by Gasteiger charge is -2.31. The van der Waals surface area contributed by atoms with Crippen LogP contribution in [0, 0.1) is 28.6 Å². The molecule has 0 aliphatic heterocycles. The lowest BCUT2D eigenvalue weighted by molar-refractivity contribution is 0.209. The van der Waals surface area contributed by atoms with Crippen LogP contribution in [0.25, 0.3) is 0 Å². The summed E-state index contributed by atoms with van der Waals surface area (Å²) in [4.78, 5) is 0.